The number of amides is 3. The molecule has 1 aromatic heterocycles. The fraction of sp³-hybridized carbons (Fsp3) is 0.333. The van der Waals surface area contributed by atoms with Crippen LogP contribution in [0.4, 0.5) is 11.5 Å². The van der Waals surface area contributed by atoms with Crippen molar-refractivity contribution in [2.75, 3.05) is 43.6 Å². The molecule has 1 saturated heterocycles. The molecule has 2 heterocycles. The van der Waals surface area contributed by atoms with Crippen LogP contribution in [-0.2, 0) is 11.3 Å². The van der Waals surface area contributed by atoms with Gasteiger partial charge < -0.3 is 31.3 Å². The zero-order valence-electron chi connectivity index (χ0n) is 22.7. The number of benzene rings is 2. The molecule has 0 saturated carbocycles. The first-order valence-electron chi connectivity index (χ1n) is 13.4. The molecule has 10 heteroatoms. The van der Waals surface area contributed by atoms with E-state index >= 15 is 0 Å². The van der Waals surface area contributed by atoms with Crippen LogP contribution in [-0.4, -0.2) is 62.1 Å². The third-order valence-electron chi connectivity index (χ3n) is 6.85. The Hall–Kier alpha value is -4.44. The van der Waals surface area contributed by atoms with Gasteiger partial charge in [0, 0.05) is 63.4 Å². The predicted octanol–water partition coefficient (Wildman–Crippen LogP) is 2.96. The summed E-state index contributed by atoms with van der Waals surface area (Å²) >= 11 is 0. The first-order valence-corrected chi connectivity index (χ1v) is 13.4. The number of pyridine rings is 1. The lowest BCUT2D eigenvalue weighted by atomic mass is 10.0. The van der Waals surface area contributed by atoms with E-state index in [2.05, 4.69) is 25.8 Å². The van der Waals surface area contributed by atoms with Gasteiger partial charge in [-0.1, -0.05) is 30.3 Å². The molecule has 40 heavy (non-hydrogen) atoms. The fourth-order valence-corrected chi connectivity index (χ4v) is 4.60. The summed E-state index contributed by atoms with van der Waals surface area (Å²) in [7, 11) is 1.63. The first kappa shape index (κ1) is 28.6. The number of anilines is 2. The maximum absolute atomic E-state index is 13.0. The van der Waals surface area contributed by atoms with Gasteiger partial charge in [0.2, 0.25) is 0 Å². The average Bonchev–Trinajstić information content (AvgIpc) is 2.99. The highest BCUT2D eigenvalue weighted by Crippen LogP contribution is 2.21. The van der Waals surface area contributed by atoms with Crippen molar-refractivity contribution in [3.8, 4) is 0 Å². The molecule has 1 aliphatic rings. The maximum Gasteiger partial charge on any atom is 0.253 e. The number of carbonyl (C=O) groups is 3. The lowest BCUT2D eigenvalue weighted by Crippen LogP contribution is -2.45. The van der Waals surface area contributed by atoms with Crippen molar-refractivity contribution in [3.63, 3.8) is 0 Å². The summed E-state index contributed by atoms with van der Waals surface area (Å²) < 4.78 is 5.06. The highest BCUT2D eigenvalue weighted by atomic mass is 16.5. The van der Waals surface area contributed by atoms with E-state index < -0.39 is 5.91 Å². The molecule has 0 unspecified atom stereocenters. The van der Waals surface area contributed by atoms with E-state index in [-0.39, 0.29) is 17.9 Å². The van der Waals surface area contributed by atoms with Gasteiger partial charge in [0.05, 0.1) is 11.1 Å². The zero-order valence-corrected chi connectivity index (χ0v) is 22.7. The molecule has 0 spiro atoms. The first-order chi connectivity index (χ1) is 19.4. The second kappa shape index (κ2) is 14.1. The third-order valence-corrected chi connectivity index (χ3v) is 6.85. The van der Waals surface area contributed by atoms with Crippen LogP contribution in [0.3, 0.4) is 0 Å². The molecule has 1 fully saturated rings. The van der Waals surface area contributed by atoms with Crippen LogP contribution in [0, 0.1) is 0 Å². The Balaban J connectivity index is 1.27. The molecule has 0 radical (unpaired) electrons. The summed E-state index contributed by atoms with van der Waals surface area (Å²) in [5, 5.41) is 9.20. The minimum atomic E-state index is -0.553. The summed E-state index contributed by atoms with van der Waals surface area (Å²) in [4.78, 5) is 43.9. The van der Waals surface area contributed by atoms with Crippen LogP contribution < -0.4 is 26.6 Å². The smallest absolute Gasteiger partial charge is 0.253 e. The Labute approximate surface area is 234 Å². The van der Waals surface area contributed by atoms with E-state index in [9.17, 15) is 14.4 Å². The Bertz CT molecular complexity index is 1290. The number of nitrogens with two attached hydrogens (primary N) is 1. The molecule has 0 aliphatic carbocycles. The number of carbonyl (C=O) groups excluding carboxylic acids is 3. The van der Waals surface area contributed by atoms with E-state index in [0.717, 1.165) is 43.7 Å². The molecule has 0 atom stereocenters. The summed E-state index contributed by atoms with van der Waals surface area (Å²) in [5.74, 6) is -0.112. The van der Waals surface area contributed by atoms with Crippen molar-refractivity contribution in [1.82, 2.24) is 15.6 Å². The van der Waals surface area contributed by atoms with Gasteiger partial charge in [-0.2, -0.15) is 0 Å². The van der Waals surface area contributed by atoms with Crippen LogP contribution in [0.2, 0.25) is 0 Å². The number of methoxy groups -OCH3 is 1. The largest absolute Gasteiger partial charge is 0.385 e. The van der Waals surface area contributed by atoms with E-state index in [0.29, 0.717) is 42.1 Å². The van der Waals surface area contributed by atoms with Gasteiger partial charge in [0.15, 0.2) is 0 Å². The van der Waals surface area contributed by atoms with Crippen molar-refractivity contribution in [3.05, 3.63) is 89.1 Å². The fourth-order valence-electron chi connectivity index (χ4n) is 4.60. The van der Waals surface area contributed by atoms with Crippen LogP contribution in [0.5, 0.6) is 0 Å². The summed E-state index contributed by atoms with van der Waals surface area (Å²) in [6.07, 6.45) is 3.87. The van der Waals surface area contributed by atoms with E-state index in [1.165, 1.54) is 0 Å². The van der Waals surface area contributed by atoms with E-state index in [1.54, 1.807) is 37.6 Å². The number of nitrogens with one attached hydrogen (secondary N) is 3. The van der Waals surface area contributed by atoms with Crippen molar-refractivity contribution >= 4 is 29.2 Å². The molecular formula is C30H36N6O4. The van der Waals surface area contributed by atoms with E-state index in [1.807, 2.05) is 36.4 Å². The molecule has 1 aliphatic heterocycles. The molecule has 3 amide bonds. The number of nitrogens with zero attached hydrogens (tertiary/aromatic N) is 2. The highest BCUT2D eigenvalue weighted by molar-refractivity contribution is 6.02. The van der Waals surface area contributed by atoms with Gasteiger partial charge in [-0.25, -0.2) is 4.98 Å². The second-order valence-corrected chi connectivity index (χ2v) is 9.71. The second-order valence-electron chi connectivity index (χ2n) is 9.71. The third kappa shape index (κ3) is 7.79. The molecule has 210 valence electrons. The molecule has 5 N–H and O–H groups in total. The van der Waals surface area contributed by atoms with Gasteiger partial charge in [0.1, 0.15) is 5.82 Å². The number of primary amides is 1. The normalized spacial score (nSPS) is 13.5. The number of ether oxygens (including phenoxy) is 1. The maximum atomic E-state index is 13.0. The molecule has 3 aromatic rings. The number of rotatable bonds is 12. The lowest BCUT2D eigenvalue weighted by molar-refractivity contribution is 0.0927. The minimum Gasteiger partial charge on any atom is -0.385 e. The number of aromatic nitrogens is 1. The predicted molar refractivity (Wildman–Crippen MR) is 154 cm³/mol. The number of hydrogen-bond acceptors (Lipinski definition) is 7. The minimum absolute atomic E-state index is 0.0146. The van der Waals surface area contributed by atoms with Gasteiger partial charge in [0.25, 0.3) is 17.7 Å². The SMILES string of the molecule is COCCCNc1cc(C(=O)NC2CCN(c3ccc(C(=O)NCc4ccccc4)cn3)CC2)ccc1C(N)=O. The molecule has 10 nitrogen and oxygen atoms in total. The van der Waals surface area contributed by atoms with Crippen molar-refractivity contribution in [2.24, 2.45) is 5.73 Å². The Kier molecular flexibility index (Phi) is 10.1. The van der Waals surface area contributed by atoms with Crippen LogP contribution in [0.25, 0.3) is 0 Å². The Morgan fingerprint density at radius 2 is 1.75 bits per heavy atom. The van der Waals surface area contributed by atoms with Crippen molar-refractivity contribution in [1.29, 1.82) is 0 Å². The van der Waals surface area contributed by atoms with Gasteiger partial charge >= 0.3 is 0 Å². The number of piperidine rings is 1. The quantitative estimate of drug-likeness (QED) is 0.257. The molecule has 0 bridgehead atoms. The van der Waals surface area contributed by atoms with Crippen LogP contribution >= 0.6 is 0 Å². The van der Waals surface area contributed by atoms with Gasteiger partial charge in [-0.3, -0.25) is 14.4 Å². The van der Waals surface area contributed by atoms with Crippen LogP contribution in [0.1, 0.15) is 55.9 Å². The van der Waals surface area contributed by atoms with Crippen molar-refractivity contribution in [2.45, 2.75) is 31.8 Å². The van der Waals surface area contributed by atoms with Gasteiger partial charge in [-0.05, 0) is 55.2 Å². The zero-order chi connectivity index (χ0) is 28.3. The summed E-state index contributed by atoms with van der Waals surface area (Å²) in [6.45, 7) is 3.09. The number of hydrogen-bond donors (Lipinski definition) is 4. The monoisotopic (exact) mass is 544 g/mol. The van der Waals surface area contributed by atoms with Crippen LogP contribution in [0.15, 0.2) is 66.9 Å². The summed E-state index contributed by atoms with van der Waals surface area (Å²) in [5.41, 5.74) is 8.39. The standard InChI is InChI=1S/C30H36N6O4/c1-40-17-5-14-32-26-18-22(8-10-25(26)28(31)37)30(39)35-24-12-15-36(16-13-24)27-11-9-23(20-33-27)29(38)34-19-21-6-3-2-4-7-21/h2-4,6-11,18,20,24,32H,5,12-17,19H2,1H3,(H2,31,37)(H,34,38)(H,35,39). The topological polar surface area (TPSA) is 139 Å². The molecule has 4 rings (SSSR count). The Morgan fingerprint density at radius 3 is 2.42 bits per heavy atom. The molecule has 2 aromatic carbocycles. The van der Waals surface area contributed by atoms with Crippen molar-refractivity contribution < 1.29 is 19.1 Å². The molecular weight excluding hydrogens is 508 g/mol. The average molecular weight is 545 g/mol. The summed E-state index contributed by atoms with van der Waals surface area (Å²) in [6, 6.07) is 18.3. The highest BCUT2D eigenvalue weighted by Gasteiger charge is 2.23. The Morgan fingerprint density at radius 1 is 1.00 bits per heavy atom. The van der Waals surface area contributed by atoms with E-state index in [4.69, 9.17) is 10.5 Å². The lowest BCUT2D eigenvalue weighted by Gasteiger charge is -2.33. The van der Waals surface area contributed by atoms with Gasteiger partial charge in [-0.15, -0.1) is 0 Å².